The summed E-state index contributed by atoms with van der Waals surface area (Å²) in [5.41, 5.74) is 1.35. The predicted molar refractivity (Wildman–Crippen MR) is 131 cm³/mol. The Morgan fingerprint density at radius 3 is 2.24 bits per heavy atom. The van der Waals surface area contributed by atoms with E-state index in [4.69, 9.17) is 9.47 Å². The Morgan fingerprint density at radius 1 is 0.971 bits per heavy atom. The van der Waals surface area contributed by atoms with Crippen LogP contribution in [0.15, 0.2) is 65.7 Å². The van der Waals surface area contributed by atoms with Crippen molar-refractivity contribution in [2.75, 3.05) is 25.0 Å². The number of benzene rings is 2. The van der Waals surface area contributed by atoms with Gasteiger partial charge in [0, 0.05) is 25.0 Å². The van der Waals surface area contributed by atoms with Crippen molar-refractivity contribution < 1.29 is 22.7 Å². The maximum atomic E-state index is 13.1. The third kappa shape index (κ3) is 5.92. The summed E-state index contributed by atoms with van der Waals surface area (Å²) in [6, 6.07) is 14.8. The number of aryl methyl sites for hydroxylation is 1. The summed E-state index contributed by atoms with van der Waals surface area (Å²) in [4.78, 5) is 17.1. The molecule has 0 spiro atoms. The number of sulfonamides is 1. The molecule has 0 aliphatic rings. The molecular weight excluding hydrogens is 454 g/mol. The van der Waals surface area contributed by atoms with Crippen LogP contribution in [-0.4, -0.2) is 43.3 Å². The molecule has 180 valence electrons. The molecule has 2 aromatic carbocycles. The molecule has 0 saturated carbocycles. The Hall–Kier alpha value is -3.43. The van der Waals surface area contributed by atoms with Gasteiger partial charge in [0.1, 0.15) is 11.5 Å². The van der Waals surface area contributed by atoms with Crippen LogP contribution in [0.5, 0.6) is 17.2 Å². The third-order valence-electron chi connectivity index (χ3n) is 5.08. The first-order valence-corrected chi connectivity index (χ1v) is 12.5. The van der Waals surface area contributed by atoms with Crippen molar-refractivity contribution in [1.29, 1.82) is 0 Å². The molecule has 9 heteroatoms. The van der Waals surface area contributed by atoms with Crippen LogP contribution >= 0.6 is 0 Å². The summed E-state index contributed by atoms with van der Waals surface area (Å²) >= 11 is 0. The number of hydrogen-bond acceptors (Lipinski definition) is 6. The van der Waals surface area contributed by atoms with Gasteiger partial charge < -0.3 is 14.8 Å². The van der Waals surface area contributed by atoms with E-state index in [1.807, 2.05) is 13.8 Å². The fraction of sp³-hybridized carbons (Fsp3) is 0.280. The van der Waals surface area contributed by atoms with Crippen molar-refractivity contribution >= 4 is 21.6 Å². The summed E-state index contributed by atoms with van der Waals surface area (Å²) in [6.45, 7) is 8.49. The van der Waals surface area contributed by atoms with Gasteiger partial charge >= 0.3 is 0 Å². The highest BCUT2D eigenvalue weighted by Gasteiger charge is 2.24. The second kappa shape index (κ2) is 11.1. The minimum atomic E-state index is -3.73. The molecule has 0 aliphatic carbocycles. The lowest BCUT2D eigenvalue weighted by Gasteiger charge is -2.20. The minimum absolute atomic E-state index is 0.0626. The van der Waals surface area contributed by atoms with E-state index in [0.29, 0.717) is 42.5 Å². The molecule has 0 fully saturated rings. The zero-order valence-corrected chi connectivity index (χ0v) is 20.6. The maximum absolute atomic E-state index is 13.1. The van der Waals surface area contributed by atoms with Gasteiger partial charge in [-0.1, -0.05) is 13.8 Å². The molecule has 34 heavy (non-hydrogen) atoms. The fourth-order valence-electron chi connectivity index (χ4n) is 3.26. The summed E-state index contributed by atoms with van der Waals surface area (Å²) in [5.74, 6) is 1.09. The first kappa shape index (κ1) is 25.2. The van der Waals surface area contributed by atoms with Gasteiger partial charge in [0.05, 0.1) is 22.8 Å². The Bertz CT molecular complexity index is 1220. The van der Waals surface area contributed by atoms with Crippen LogP contribution in [-0.2, 0) is 10.0 Å². The zero-order chi connectivity index (χ0) is 24.7. The quantitative estimate of drug-likeness (QED) is 0.442. The van der Waals surface area contributed by atoms with E-state index in [-0.39, 0.29) is 10.6 Å². The number of amides is 1. The molecule has 0 radical (unpaired) electrons. The molecule has 3 rings (SSSR count). The van der Waals surface area contributed by atoms with Gasteiger partial charge in [0.15, 0.2) is 5.75 Å². The van der Waals surface area contributed by atoms with Crippen molar-refractivity contribution in [2.24, 2.45) is 0 Å². The number of carbonyl (C=O) groups excluding carboxylic acids is 1. The molecule has 1 amide bonds. The standard InChI is InChI=1S/C25H29N3O5S/c1-5-28(6-2)34(30,31)22-14-15-24(33-21-12-10-20(11-13-21)32-7-3)23(16-22)27-25(29)19-9-8-18(4)26-17-19/h8-17H,5-7H2,1-4H3,(H,27,29). The number of carbonyl (C=O) groups is 1. The van der Waals surface area contributed by atoms with E-state index in [2.05, 4.69) is 10.3 Å². The van der Waals surface area contributed by atoms with Crippen molar-refractivity contribution in [2.45, 2.75) is 32.6 Å². The SMILES string of the molecule is CCOc1ccc(Oc2ccc(S(=O)(=O)N(CC)CC)cc2NC(=O)c2ccc(C)nc2)cc1. The van der Waals surface area contributed by atoms with Gasteiger partial charge in [-0.3, -0.25) is 9.78 Å². The summed E-state index contributed by atoms with van der Waals surface area (Å²) in [6.07, 6.45) is 1.47. The summed E-state index contributed by atoms with van der Waals surface area (Å²) < 4.78 is 38.9. The van der Waals surface area contributed by atoms with Gasteiger partial charge in [0.25, 0.3) is 5.91 Å². The molecule has 3 aromatic rings. The van der Waals surface area contributed by atoms with Crippen molar-refractivity contribution in [3.05, 3.63) is 72.1 Å². The molecule has 0 bridgehead atoms. The lowest BCUT2D eigenvalue weighted by atomic mass is 10.2. The van der Waals surface area contributed by atoms with E-state index in [1.165, 1.54) is 28.7 Å². The van der Waals surface area contributed by atoms with E-state index in [9.17, 15) is 13.2 Å². The number of ether oxygens (including phenoxy) is 2. The van der Waals surface area contributed by atoms with E-state index < -0.39 is 15.9 Å². The number of aromatic nitrogens is 1. The van der Waals surface area contributed by atoms with E-state index in [1.54, 1.807) is 50.2 Å². The molecule has 1 aromatic heterocycles. The van der Waals surface area contributed by atoms with E-state index in [0.717, 1.165) is 5.69 Å². The molecule has 0 unspecified atom stereocenters. The fourth-order valence-corrected chi connectivity index (χ4v) is 4.75. The normalized spacial score (nSPS) is 11.3. The van der Waals surface area contributed by atoms with Crippen LogP contribution < -0.4 is 14.8 Å². The lowest BCUT2D eigenvalue weighted by Crippen LogP contribution is -2.30. The maximum Gasteiger partial charge on any atom is 0.257 e. The van der Waals surface area contributed by atoms with Crippen molar-refractivity contribution in [1.82, 2.24) is 9.29 Å². The highest BCUT2D eigenvalue weighted by atomic mass is 32.2. The van der Waals surface area contributed by atoms with E-state index >= 15 is 0 Å². The number of anilines is 1. The number of nitrogens with one attached hydrogen (secondary N) is 1. The molecule has 0 saturated heterocycles. The van der Waals surface area contributed by atoms with Crippen LogP contribution in [0.3, 0.4) is 0 Å². The van der Waals surface area contributed by atoms with Crippen LogP contribution in [0.1, 0.15) is 36.8 Å². The largest absolute Gasteiger partial charge is 0.494 e. The van der Waals surface area contributed by atoms with Crippen LogP contribution in [0.2, 0.25) is 0 Å². The smallest absolute Gasteiger partial charge is 0.257 e. The Balaban J connectivity index is 1.98. The Morgan fingerprint density at radius 2 is 1.65 bits per heavy atom. The minimum Gasteiger partial charge on any atom is -0.494 e. The monoisotopic (exact) mass is 483 g/mol. The predicted octanol–water partition coefficient (Wildman–Crippen LogP) is 4.86. The van der Waals surface area contributed by atoms with Gasteiger partial charge in [-0.05, 0) is 68.4 Å². The molecule has 8 nitrogen and oxygen atoms in total. The Labute approximate surface area is 200 Å². The Kier molecular flexibility index (Phi) is 8.25. The first-order valence-electron chi connectivity index (χ1n) is 11.1. The number of hydrogen-bond donors (Lipinski definition) is 1. The number of pyridine rings is 1. The van der Waals surface area contributed by atoms with Crippen LogP contribution in [0.25, 0.3) is 0 Å². The second-order valence-corrected chi connectivity index (χ2v) is 9.33. The van der Waals surface area contributed by atoms with Gasteiger partial charge in [-0.2, -0.15) is 4.31 Å². The molecule has 1 heterocycles. The lowest BCUT2D eigenvalue weighted by molar-refractivity contribution is 0.102. The summed E-state index contributed by atoms with van der Waals surface area (Å²) in [7, 11) is -3.73. The number of nitrogens with zero attached hydrogens (tertiary/aromatic N) is 2. The summed E-state index contributed by atoms with van der Waals surface area (Å²) in [5, 5.41) is 2.77. The molecular formula is C25H29N3O5S. The topological polar surface area (TPSA) is 97.8 Å². The molecule has 1 N–H and O–H groups in total. The van der Waals surface area contributed by atoms with Gasteiger partial charge in [0.2, 0.25) is 10.0 Å². The highest BCUT2D eigenvalue weighted by molar-refractivity contribution is 7.89. The zero-order valence-electron chi connectivity index (χ0n) is 19.7. The van der Waals surface area contributed by atoms with Crippen LogP contribution in [0.4, 0.5) is 5.69 Å². The average Bonchev–Trinajstić information content (AvgIpc) is 2.82. The highest BCUT2D eigenvalue weighted by Crippen LogP contribution is 2.33. The first-order chi connectivity index (χ1) is 16.3. The average molecular weight is 484 g/mol. The molecule has 0 aliphatic heterocycles. The van der Waals surface area contributed by atoms with Gasteiger partial charge in [-0.25, -0.2) is 8.42 Å². The van der Waals surface area contributed by atoms with Crippen molar-refractivity contribution in [3.63, 3.8) is 0 Å². The third-order valence-corrected chi connectivity index (χ3v) is 7.12. The van der Waals surface area contributed by atoms with Gasteiger partial charge in [-0.15, -0.1) is 0 Å². The van der Waals surface area contributed by atoms with Crippen LogP contribution in [0, 0.1) is 6.92 Å². The molecule has 0 atom stereocenters. The van der Waals surface area contributed by atoms with Crippen molar-refractivity contribution in [3.8, 4) is 17.2 Å². The second-order valence-electron chi connectivity index (χ2n) is 7.40. The number of rotatable bonds is 10.